The van der Waals surface area contributed by atoms with Crippen molar-refractivity contribution in [1.82, 2.24) is 15.1 Å². The van der Waals surface area contributed by atoms with Gasteiger partial charge in [-0.05, 0) is 44.0 Å². The lowest BCUT2D eigenvalue weighted by atomic mass is 9.95. The van der Waals surface area contributed by atoms with Gasteiger partial charge in [-0.25, -0.2) is 0 Å². The van der Waals surface area contributed by atoms with Gasteiger partial charge in [-0.3, -0.25) is 14.4 Å². The molecule has 10 nitrogen and oxygen atoms in total. The van der Waals surface area contributed by atoms with Crippen LogP contribution in [0, 0.1) is 12.8 Å². The summed E-state index contributed by atoms with van der Waals surface area (Å²) in [5, 5.41) is 13.7. The molecule has 0 radical (unpaired) electrons. The fourth-order valence-electron chi connectivity index (χ4n) is 3.92. The van der Waals surface area contributed by atoms with Gasteiger partial charge in [0.1, 0.15) is 0 Å². The van der Waals surface area contributed by atoms with E-state index in [1.54, 1.807) is 23.1 Å². The lowest BCUT2D eigenvalue weighted by Gasteiger charge is -2.30. The molecule has 0 unspecified atom stereocenters. The van der Waals surface area contributed by atoms with Crippen LogP contribution in [0.2, 0.25) is 0 Å². The molecular weight excluding hydrogens is 470 g/mol. The number of amides is 3. The molecule has 0 saturated carbocycles. The first-order chi connectivity index (χ1) is 17.0. The molecule has 1 saturated heterocycles. The van der Waals surface area contributed by atoms with Crippen LogP contribution in [-0.4, -0.2) is 52.7 Å². The molecule has 2 aliphatic rings. The number of carbonyl (C=O) groups is 3. The van der Waals surface area contributed by atoms with Gasteiger partial charge in [0.2, 0.25) is 22.7 Å². The lowest BCUT2D eigenvalue weighted by molar-refractivity contribution is -0.121. The van der Waals surface area contributed by atoms with E-state index >= 15 is 0 Å². The van der Waals surface area contributed by atoms with Gasteiger partial charge in [0.15, 0.2) is 11.5 Å². The molecule has 3 heterocycles. The number of ether oxygens (including phenoxy) is 2. The van der Waals surface area contributed by atoms with E-state index in [4.69, 9.17) is 9.47 Å². The van der Waals surface area contributed by atoms with E-state index in [1.807, 2.05) is 31.2 Å². The summed E-state index contributed by atoms with van der Waals surface area (Å²) in [6.45, 7) is 3.00. The van der Waals surface area contributed by atoms with Crippen LogP contribution in [0.4, 0.5) is 11.4 Å². The SMILES string of the molecule is Cc1ccc(NC(=O)C2CCN(C(=O)c3nnc(C(=O)Nc4ccc5c(c4)OCO5)s3)CC2)cc1. The molecule has 3 aromatic rings. The summed E-state index contributed by atoms with van der Waals surface area (Å²) in [5.74, 6) is 0.196. The Hall–Kier alpha value is -3.99. The Kier molecular flexibility index (Phi) is 6.32. The maximum Gasteiger partial charge on any atom is 0.286 e. The zero-order chi connectivity index (χ0) is 24.4. The van der Waals surface area contributed by atoms with Crippen molar-refractivity contribution in [2.24, 2.45) is 5.92 Å². The topological polar surface area (TPSA) is 123 Å². The fraction of sp³-hybridized carbons (Fsp3) is 0.292. The number of rotatable bonds is 5. The Morgan fingerprint density at radius 3 is 2.37 bits per heavy atom. The minimum Gasteiger partial charge on any atom is -0.454 e. The summed E-state index contributed by atoms with van der Waals surface area (Å²) in [7, 11) is 0. The monoisotopic (exact) mass is 493 g/mol. The zero-order valence-corrected chi connectivity index (χ0v) is 19.8. The normalized spacial score (nSPS) is 15.1. The van der Waals surface area contributed by atoms with Crippen LogP contribution in [0.5, 0.6) is 11.5 Å². The highest BCUT2D eigenvalue weighted by molar-refractivity contribution is 7.15. The van der Waals surface area contributed by atoms with Crippen LogP contribution in [-0.2, 0) is 4.79 Å². The minimum atomic E-state index is -0.466. The Morgan fingerprint density at radius 1 is 0.914 bits per heavy atom. The second-order valence-corrected chi connectivity index (χ2v) is 9.33. The highest BCUT2D eigenvalue weighted by Crippen LogP contribution is 2.34. The molecular formula is C24H23N5O5S. The van der Waals surface area contributed by atoms with E-state index in [0.29, 0.717) is 43.1 Å². The summed E-state index contributed by atoms with van der Waals surface area (Å²) < 4.78 is 10.6. The van der Waals surface area contributed by atoms with E-state index in [0.717, 1.165) is 22.6 Å². The van der Waals surface area contributed by atoms with Gasteiger partial charge >= 0.3 is 0 Å². The molecule has 0 bridgehead atoms. The van der Waals surface area contributed by atoms with Crippen molar-refractivity contribution in [1.29, 1.82) is 0 Å². The van der Waals surface area contributed by atoms with Crippen molar-refractivity contribution in [2.45, 2.75) is 19.8 Å². The molecule has 1 aromatic heterocycles. The van der Waals surface area contributed by atoms with Crippen molar-refractivity contribution in [3.05, 3.63) is 58.0 Å². The van der Waals surface area contributed by atoms with E-state index in [9.17, 15) is 14.4 Å². The molecule has 1 fully saturated rings. The Labute approximate surface area is 205 Å². The lowest BCUT2D eigenvalue weighted by Crippen LogP contribution is -2.41. The molecule has 11 heteroatoms. The van der Waals surface area contributed by atoms with Crippen LogP contribution in [0.3, 0.4) is 0 Å². The first-order valence-corrected chi connectivity index (χ1v) is 12.0. The molecule has 0 atom stereocenters. The van der Waals surface area contributed by atoms with Crippen LogP contribution in [0.15, 0.2) is 42.5 Å². The first kappa shape index (κ1) is 22.8. The van der Waals surface area contributed by atoms with Crippen molar-refractivity contribution < 1.29 is 23.9 Å². The smallest absolute Gasteiger partial charge is 0.286 e. The Morgan fingerprint density at radius 2 is 1.60 bits per heavy atom. The standard InChI is InChI=1S/C24H23N5O5S/c1-14-2-4-16(5-3-14)25-20(30)15-8-10-29(11-9-15)24(32)23-28-27-22(35-23)21(31)26-17-6-7-18-19(12-17)34-13-33-18/h2-7,12,15H,8-11,13H2,1H3,(H,25,30)(H,26,31). The summed E-state index contributed by atoms with van der Waals surface area (Å²) >= 11 is 0.937. The number of benzene rings is 2. The van der Waals surface area contributed by atoms with Gasteiger partial charge < -0.3 is 25.0 Å². The summed E-state index contributed by atoms with van der Waals surface area (Å²) in [6, 6.07) is 12.7. The molecule has 0 aliphatic carbocycles. The third kappa shape index (κ3) is 5.09. The quantitative estimate of drug-likeness (QED) is 0.559. The fourth-order valence-corrected chi connectivity index (χ4v) is 4.63. The number of aryl methyl sites for hydroxylation is 1. The number of likely N-dealkylation sites (tertiary alicyclic amines) is 1. The van der Waals surface area contributed by atoms with E-state index in [-0.39, 0.29) is 34.5 Å². The van der Waals surface area contributed by atoms with E-state index < -0.39 is 5.91 Å². The number of carbonyl (C=O) groups excluding carboxylic acids is 3. The van der Waals surface area contributed by atoms with Crippen LogP contribution >= 0.6 is 11.3 Å². The molecule has 5 rings (SSSR count). The molecule has 2 aromatic carbocycles. The molecule has 35 heavy (non-hydrogen) atoms. The van der Waals surface area contributed by atoms with Gasteiger partial charge in [-0.1, -0.05) is 29.0 Å². The average Bonchev–Trinajstić information content (AvgIpc) is 3.55. The first-order valence-electron chi connectivity index (χ1n) is 11.2. The maximum atomic E-state index is 12.9. The zero-order valence-electron chi connectivity index (χ0n) is 18.9. The van der Waals surface area contributed by atoms with Crippen molar-refractivity contribution in [3.8, 4) is 11.5 Å². The predicted octanol–water partition coefficient (Wildman–Crippen LogP) is 3.32. The van der Waals surface area contributed by atoms with Crippen LogP contribution in [0.1, 0.15) is 38.0 Å². The van der Waals surface area contributed by atoms with Gasteiger partial charge in [-0.15, -0.1) is 10.2 Å². The number of hydrogen-bond donors (Lipinski definition) is 2. The summed E-state index contributed by atoms with van der Waals surface area (Å²) in [6.07, 6.45) is 1.11. The maximum absolute atomic E-state index is 12.9. The van der Waals surface area contributed by atoms with Crippen molar-refractivity contribution in [2.75, 3.05) is 30.5 Å². The Bertz CT molecular complexity index is 1270. The number of nitrogens with zero attached hydrogens (tertiary/aromatic N) is 3. The van der Waals surface area contributed by atoms with Crippen LogP contribution in [0.25, 0.3) is 0 Å². The largest absolute Gasteiger partial charge is 0.454 e. The Balaban J connectivity index is 1.14. The summed E-state index contributed by atoms with van der Waals surface area (Å²) in [4.78, 5) is 39.7. The predicted molar refractivity (Wildman–Crippen MR) is 129 cm³/mol. The number of aromatic nitrogens is 2. The second kappa shape index (κ2) is 9.71. The molecule has 3 amide bonds. The van der Waals surface area contributed by atoms with Crippen molar-refractivity contribution in [3.63, 3.8) is 0 Å². The van der Waals surface area contributed by atoms with Crippen molar-refractivity contribution >= 4 is 40.4 Å². The van der Waals surface area contributed by atoms with Gasteiger partial charge in [0, 0.05) is 36.4 Å². The highest BCUT2D eigenvalue weighted by Gasteiger charge is 2.30. The molecule has 2 N–H and O–H groups in total. The van der Waals surface area contributed by atoms with Gasteiger partial charge in [0.25, 0.3) is 11.8 Å². The minimum absolute atomic E-state index is 0.0423. The molecule has 2 aliphatic heterocycles. The van der Waals surface area contributed by atoms with Crippen LogP contribution < -0.4 is 20.1 Å². The average molecular weight is 494 g/mol. The molecule has 180 valence electrons. The number of fused-ring (bicyclic) bond motifs is 1. The van der Waals surface area contributed by atoms with Gasteiger partial charge in [-0.2, -0.15) is 0 Å². The van der Waals surface area contributed by atoms with E-state index in [1.165, 1.54) is 0 Å². The van der Waals surface area contributed by atoms with E-state index in [2.05, 4.69) is 20.8 Å². The third-order valence-corrected chi connectivity index (χ3v) is 6.81. The number of nitrogens with one attached hydrogen (secondary N) is 2. The summed E-state index contributed by atoms with van der Waals surface area (Å²) in [5.41, 5.74) is 2.41. The second-order valence-electron chi connectivity index (χ2n) is 8.36. The third-order valence-electron chi connectivity index (χ3n) is 5.90. The highest BCUT2D eigenvalue weighted by atomic mass is 32.1. The molecule has 0 spiro atoms. The van der Waals surface area contributed by atoms with Gasteiger partial charge in [0.05, 0.1) is 0 Å². The number of anilines is 2. The number of hydrogen-bond acceptors (Lipinski definition) is 8. The number of piperidine rings is 1.